The molecule has 2 rings (SSSR count). The molecule has 1 heterocycles. The fourth-order valence-electron chi connectivity index (χ4n) is 1.91. The second-order valence-corrected chi connectivity index (χ2v) is 6.45. The molecule has 2 aromatic rings. The van der Waals surface area contributed by atoms with Crippen LogP contribution < -0.4 is 9.47 Å². The van der Waals surface area contributed by atoms with Crippen molar-refractivity contribution in [2.45, 2.75) is 6.54 Å². The fourth-order valence-corrected chi connectivity index (χ4v) is 2.98. The quantitative estimate of drug-likeness (QED) is 0.672. The predicted octanol–water partition coefficient (Wildman–Crippen LogP) is 3.37. The summed E-state index contributed by atoms with van der Waals surface area (Å²) in [6.45, 7) is 0.402. The zero-order valence-corrected chi connectivity index (χ0v) is 15.1. The predicted molar refractivity (Wildman–Crippen MR) is 92.4 cm³/mol. The lowest BCUT2D eigenvalue weighted by atomic mass is 10.2. The van der Waals surface area contributed by atoms with Gasteiger partial charge in [-0.3, -0.25) is 9.59 Å². The summed E-state index contributed by atoms with van der Waals surface area (Å²) in [5.41, 5.74) is 1.51. The van der Waals surface area contributed by atoms with E-state index in [4.69, 9.17) is 9.47 Å². The Morgan fingerprint density at radius 1 is 1.39 bits per heavy atom. The summed E-state index contributed by atoms with van der Waals surface area (Å²) in [5.74, 6) is 0.652. The van der Waals surface area contributed by atoms with Gasteiger partial charge in [-0.2, -0.15) is 11.3 Å². The summed E-state index contributed by atoms with van der Waals surface area (Å²) in [7, 11) is 3.22. The van der Waals surface area contributed by atoms with E-state index in [0.717, 1.165) is 5.56 Å². The zero-order valence-electron chi connectivity index (χ0n) is 12.7. The fraction of sp³-hybridized carbons (Fsp3) is 0.250. The molecule has 0 radical (unpaired) electrons. The number of nitrogens with zero attached hydrogens (tertiary/aromatic N) is 1. The molecular weight excluding hydrogens is 382 g/mol. The maximum absolute atomic E-state index is 12.1. The van der Waals surface area contributed by atoms with Gasteiger partial charge in [0.2, 0.25) is 0 Å². The highest BCUT2D eigenvalue weighted by molar-refractivity contribution is 9.10. The number of halogens is 1. The first-order valence-corrected chi connectivity index (χ1v) is 8.49. The molecule has 0 bridgehead atoms. The Kier molecular flexibility index (Phi) is 6.18. The van der Waals surface area contributed by atoms with Crippen LogP contribution in [0.5, 0.6) is 11.5 Å². The molecule has 0 unspecified atom stereocenters. The minimum Gasteiger partial charge on any atom is -0.493 e. The summed E-state index contributed by atoms with van der Waals surface area (Å²) in [6, 6.07) is 5.16. The lowest BCUT2D eigenvalue weighted by molar-refractivity contribution is -0.132. The zero-order chi connectivity index (χ0) is 16.8. The number of rotatable bonds is 7. The van der Waals surface area contributed by atoms with Crippen LogP contribution >= 0.6 is 27.3 Å². The summed E-state index contributed by atoms with van der Waals surface area (Å²) in [5, 5.41) is 3.97. The normalized spacial score (nSPS) is 10.2. The number of benzene rings is 1. The highest BCUT2D eigenvalue weighted by Gasteiger charge is 2.14. The van der Waals surface area contributed by atoms with Crippen molar-refractivity contribution in [3.8, 4) is 11.5 Å². The molecule has 0 aliphatic rings. The van der Waals surface area contributed by atoms with Crippen LogP contribution in [0.1, 0.15) is 15.9 Å². The van der Waals surface area contributed by atoms with Crippen LogP contribution in [-0.2, 0) is 11.3 Å². The largest absolute Gasteiger partial charge is 0.493 e. The Bertz CT molecular complexity index is 688. The third-order valence-electron chi connectivity index (χ3n) is 3.19. The van der Waals surface area contributed by atoms with E-state index in [1.165, 1.54) is 7.11 Å². The Balaban J connectivity index is 2.02. The van der Waals surface area contributed by atoms with Crippen molar-refractivity contribution < 1.29 is 19.1 Å². The first-order valence-electron chi connectivity index (χ1n) is 6.75. The number of methoxy groups -OCH3 is 1. The van der Waals surface area contributed by atoms with E-state index < -0.39 is 0 Å². The van der Waals surface area contributed by atoms with Crippen molar-refractivity contribution in [1.82, 2.24) is 4.90 Å². The Hall–Kier alpha value is -1.86. The van der Waals surface area contributed by atoms with E-state index in [0.29, 0.717) is 34.4 Å². The van der Waals surface area contributed by atoms with Crippen molar-refractivity contribution in [3.05, 3.63) is 44.6 Å². The van der Waals surface area contributed by atoms with Gasteiger partial charge < -0.3 is 14.4 Å². The van der Waals surface area contributed by atoms with Crippen LogP contribution in [0.4, 0.5) is 0 Å². The Labute approximate surface area is 146 Å². The molecule has 5 nitrogen and oxygen atoms in total. The molecule has 0 saturated heterocycles. The van der Waals surface area contributed by atoms with Crippen LogP contribution in [0, 0.1) is 0 Å². The third-order valence-corrected chi connectivity index (χ3v) is 4.61. The molecule has 0 saturated carbocycles. The van der Waals surface area contributed by atoms with Crippen molar-refractivity contribution in [3.63, 3.8) is 0 Å². The van der Waals surface area contributed by atoms with E-state index in [9.17, 15) is 9.59 Å². The molecule has 0 aliphatic carbocycles. The van der Waals surface area contributed by atoms with Crippen LogP contribution in [0.25, 0.3) is 0 Å². The van der Waals surface area contributed by atoms with Gasteiger partial charge in [0.1, 0.15) is 0 Å². The molecule has 0 spiro atoms. The number of carbonyl (C=O) groups excluding carboxylic acids is 2. The minimum absolute atomic E-state index is 0.128. The average molecular weight is 398 g/mol. The molecule has 23 heavy (non-hydrogen) atoms. The first kappa shape index (κ1) is 17.5. The number of likely N-dealkylation sites (N-methyl/N-ethyl adjacent to an activating group) is 1. The van der Waals surface area contributed by atoms with E-state index >= 15 is 0 Å². The summed E-state index contributed by atoms with van der Waals surface area (Å²) in [4.78, 5) is 24.7. The Morgan fingerprint density at radius 3 is 2.78 bits per heavy atom. The molecule has 0 fully saturated rings. The number of hydrogen-bond donors (Lipinski definition) is 0. The molecule has 122 valence electrons. The second-order valence-electron chi connectivity index (χ2n) is 4.81. The topological polar surface area (TPSA) is 55.8 Å². The highest BCUT2D eigenvalue weighted by Crippen LogP contribution is 2.32. The number of amides is 1. The standard InChI is InChI=1S/C16H16BrNO4S/c1-18(7-11-3-4-23-10-11)16(20)9-22-15-5-12(8-19)13(17)6-14(15)21-2/h3-6,8,10H,7,9H2,1-2H3. The molecule has 1 aromatic heterocycles. The van der Waals surface area contributed by atoms with E-state index in [-0.39, 0.29) is 12.5 Å². The molecule has 1 amide bonds. The van der Waals surface area contributed by atoms with Gasteiger partial charge in [-0.25, -0.2) is 0 Å². The monoisotopic (exact) mass is 397 g/mol. The van der Waals surface area contributed by atoms with Crippen molar-refractivity contribution in [2.75, 3.05) is 20.8 Å². The maximum atomic E-state index is 12.1. The average Bonchev–Trinajstić information content (AvgIpc) is 3.05. The van der Waals surface area contributed by atoms with Crippen LogP contribution in [0.3, 0.4) is 0 Å². The van der Waals surface area contributed by atoms with Crippen molar-refractivity contribution in [1.29, 1.82) is 0 Å². The molecule has 1 aromatic carbocycles. The lowest BCUT2D eigenvalue weighted by Gasteiger charge is -2.18. The van der Waals surface area contributed by atoms with Crippen LogP contribution in [0.15, 0.2) is 33.4 Å². The maximum Gasteiger partial charge on any atom is 0.260 e. The lowest BCUT2D eigenvalue weighted by Crippen LogP contribution is -2.30. The number of carbonyl (C=O) groups is 2. The second kappa shape index (κ2) is 8.12. The van der Waals surface area contributed by atoms with Gasteiger partial charge in [0.25, 0.3) is 5.91 Å². The minimum atomic E-state index is -0.158. The molecule has 0 aliphatic heterocycles. The number of aldehydes is 1. The summed E-state index contributed by atoms with van der Waals surface area (Å²) < 4.78 is 11.4. The summed E-state index contributed by atoms with van der Waals surface area (Å²) in [6.07, 6.45) is 0.709. The van der Waals surface area contributed by atoms with Crippen molar-refractivity contribution in [2.24, 2.45) is 0 Å². The van der Waals surface area contributed by atoms with Crippen LogP contribution in [0.2, 0.25) is 0 Å². The van der Waals surface area contributed by atoms with Gasteiger partial charge >= 0.3 is 0 Å². The van der Waals surface area contributed by atoms with Crippen LogP contribution in [-0.4, -0.2) is 37.9 Å². The first-order chi connectivity index (χ1) is 11.0. The third kappa shape index (κ3) is 4.56. The van der Waals surface area contributed by atoms with Gasteiger partial charge in [-0.05, 0) is 50.5 Å². The van der Waals surface area contributed by atoms with E-state index in [1.807, 2.05) is 16.8 Å². The van der Waals surface area contributed by atoms with Gasteiger partial charge in [0.05, 0.1) is 7.11 Å². The SMILES string of the molecule is COc1cc(Br)c(C=O)cc1OCC(=O)N(C)Cc1ccsc1. The summed E-state index contributed by atoms with van der Waals surface area (Å²) >= 11 is 4.87. The van der Waals surface area contributed by atoms with E-state index in [1.54, 1.807) is 35.4 Å². The van der Waals surface area contributed by atoms with Gasteiger partial charge in [0, 0.05) is 23.6 Å². The molecule has 7 heteroatoms. The van der Waals surface area contributed by atoms with Crippen molar-refractivity contribution >= 4 is 39.5 Å². The van der Waals surface area contributed by atoms with Gasteiger partial charge in [-0.15, -0.1) is 0 Å². The molecule has 0 atom stereocenters. The van der Waals surface area contributed by atoms with E-state index in [2.05, 4.69) is 15.9 Å². The highest BCUT2D eigenvalue weighted by atomic mass is 79.9. The Morgan fingerprint density at radius 2 is 2.17 bits per heavy atom. The molecule has 0 N–H and O–H groups in total. The number of hydrogen-bond acceptors (Lipinski definition) is 5. The number of ether oxygens (including phenoxy) is 2. The number of thiophene rings is 1. The van der Waals surface area contributed by atoms with Gasteiger partial charge in [-0.1, -0.05) is 0 Å². The smallest absolute Gasteiger partial charge is 0.260 e. The molecular formula is C16H16BrNO4S. The van der Waals surface area contributed by atoms with Gasteiger partial charge in [0.15, 0.2) is 24.4 Å².